The van der Waals surface area contributed by atoms with Crippen LogP contribution in [0.5, 0.6) is 0 Å². The lowest BCUT2D eigenvalue weighted by Gasteiger charge is -2.24. The van der Waals surface area contributed by atoms with Gasteiger partial charge in [-0.15, -0.1) is 0 Å². The minimum absolute atomic E-state index is 0.218. The molecule has 122 valence electrons. The molecule has 1 aromatic carbocycles. The maximum Gasteiger partial charge on any atom is 0.222 e. The zero-order valence-electron chi connectivity index (χ0n) is 13.6. The largest absolute Gasteiger partial charge is 0.381 e. The number of benzene rings is 1. The summed E-state index contributed by atoms with van der Waals surface area (Å²) in [4.78, 5) is 8.53. The standard InChI is InChI=1S/C18H22ClN3O/c1-11-4-3-5-14(10-13-6-8-23-9-7-13)15(11)16-12(2)17(19)22-18(20)21-16/h3-5,13H,6-10H2,1-2H3,(H2,20,21,22). The van der Waals surface area contributed by atoms with E-state index in [9.17, 15) is 0 Å². The van der Waals surface area contributed by atoms with Gasteiger partial charge in [-0.05, 0) is 50.2 Å². The van der Waals surface area contributed by atoms with Gasteiger partial charge in [0.1, 0.15) is 5.15 Å². The zero-order valence-corrected chi connectivity index (χ0v) is 14.4. The van der Waals surface area contributed by atoms with Crippen LogP contribution in [0.2, 0.25) is 5.15 Å². The second kappa shape index (κ2) is 6.85. The smallest absolute Gasteiger partial charge is 0.222 e. The summed E-state index contributed by atoms with van der Waals surface area (Å²) >= 11 is 6.22. The first-order chi connectivity index (χ1) is 11.1. The number of anilines is 1. The summed E-state index contributed by atoms with van der Waals surface area (Å²) < 4.78 is 5.47. The van der Waals surface area contributed by atoms with Crippen LogP contribution in [0.4, 0.5) is 5.95 Å². The maximum absolute atomic E-state index is 6.22. The highest BCUT2D eigenvalue weighted by atomic mass is 35.5. The van der Waals surface area contributed by atoms with Gasteiger partial charge in [-0.1, -0.05) is 29.8 Å². The Morgan fingerprint density at radius 3 is 2.70 bits per heavy atom. The van der Waals surface area contributed by atoms with Crippen molar-refractivity contribution in [2.24, 2.45) is 5.92 Å². The molecule has 1 fully saturated rings. The SMILES string of the molecule is Cc1cccc(CC2CCOCC2)c1-c1nc(N)nc(Cl)c1C. The molecule has 1 aromatic heterocycles. The highest BCUT2D eigenvalue weighted by Crippen LogP contribution is 2.34. The quantitative estimate of drug-likeness (QED) is 0.865. The summed E-state index contributed by atoms with van der Waals surface area (Å²) in [7, 11) is 0. The van der Waals surface area contributed by atoms with Crippen LogP contribution in [0.25, 0.3) is 11.3 Å². The zero-order chi connectivity index (χ0) is 16.4. The number of nitrogens with zero attached hydrogens (tertiary/aromatic N) is 2. The van der Waals surface area contributed by atoms with Crippen LogP contribution in [-0.4, -0.2) is 23.2 Å². The Morgan fingerprint density at radius 2 is 1.96 bits per heavy atom. The fourth-order valence-corrected chi connectivity index (χ4v) is 3.42. The number of ether oxygens (including phenoxy) is 1. The van der Waals surface area contributed by atoms with Crippen molar-refractivity contribution in [3.8, 4) is 11.3 Å². The predicted octanol–water partition coefficient (Wildman–Crippen LogP) is 3.97. The molecule has 0 saturated carbocycles. The molecule has 0 aliphatic carbocycles. The normalized spacial score (nSPS) is 15.8. The molecule has 0 bridgehead atoms. The summed E-state index contributed by atoms with van der Waals surface area (Å²) in [6, 6.07) is 6.40. The van der Waals surface area contributed by atoms with Crippen LogP contribution >= 0.6 is 11.6 Å². The van der Waals surface area contributed by atoms with Gasteiger partial charge < -0.3 is 10.5 Å². The topological polar surface area (TPSA) is 61.0 Å². The molecule has 5 heteroatoms. The fraction of sp³-hybridized carbons (Fsp3) is 0.444. The minimum Gasteiger partial charge on any atom is -0.381 e. The third kappa shape index (κ3) is 3.48. The van der Waals surface area contributed by atoms with E-state index in [1.165, 1.54) is 11.1 Å². The number of halogens is 1. The Kier molecular flexibility index (Phi) is 4.83. The van der Waals surface area contributed by atoms with E-state index in [0.29, 0.717) is 11.1 Å². The number of nitrogen functional groups attached to an aromatic ring is 1. The highest BCUT2D eigenvalue weighted by Gasteiger charge is 2.20. The molecular formula is C18H22ClN3O. The molecule has 0 radical (unpaired) electrons. The van der Waals surface area contributed by atoms with Crippen LogP contribution in [0.1, 0.15) is 29.5 Å². The van der Waals surface area contributed by atoms with Crippen LogP contribution in [0, 0.1) is 19.8 Å². The molecule has 2 aromatic rings. The molecule has 23 heavy (non-hydrogen) atoms. The number of hydrogen-bond donors (Lipinski definition) is 1. The fourth-order valence-electron chi connectivity index (χ4n) is 3.25. The maximum atomic E-state index is 6.22. The minimum atomic E-state index is 0.218. The number of rotatable bonds is 3. The monoisotopic (exact) mass is 331 g/mol. The molecule has 0 amide bonds. The predicted molar refractivity (Wildman–Crippen MR) is 93.6 cm³/mol. The van der Waals surface area contributed by atoms with Crippen molar-refractivity contribution >= 4 is 17.5 Å². The molecule has 0 unspecified atom stereocenters. The molecule has 4 nitrogen and oxygen atoms in total. The Morgan fingerprint density at radius 1 is 1.22 bits per heavy atom. The molecule has 2 N–H and O–H groups in total. The first-order valence-electron chi connectivity index (χ1n) is 8.02. The van der Waals surface area contributed by atoms with Gasteiger partial charge in [-0.2, -0.15) is 0 Å². The van der Waals surface area contributed by atoms with Crippen LogP contribution in [0.15, 0.2) is 18.2 Å². The van der Waals surface area contributed by atoms with Crippen LogP contribution in [-0.2, 0) is 11.2 Å². The van der Waals surface area contributed by atoms with Gasteiger partial charge in [0.2, 0.25) is 5.95 Å². The van der Waals surface area contributed by atoms with Gasteiger partial charge in [0, 0.05) is 24.3 Å². The molecular weight excluding hydrogens is 310 g/mol. The first kappa shape index (κ1) is 16.2. The summed E-state index contributed by atoms with van der Waals surface area (Å²) in [6.07, 6.45) is 3.25. The van der Waals surface area contributed by atoms with Crippen molar-refractivity contribution in [1.29, 1.82) is 0 Å². The van der Waals surface area contributed by atoms with Crippen molar-refractivity contribution in [2.45, 2.75) is 33.1 Å². The average molecular weight is 332 g/mol. The third-order valence-corrected chi connectivity index (χ3v) is 4.92. The van der Waals surface area contributed by atoms with Crippen LogP contribution in [0.3, 0.4) is 0 Å². The van der Waals surface area contributed by atoms with Crippen LogP contribution < -0.4 is 5.73 Å². The molecule has 0 atom stereocenters. The van der Waals surface area contributed by atoms with Gasteiger partial charge in [-0.3, -0.25) is 0 Å². The van der Waals surface area contributed by atoms with Crippen molar-refractivity contribution in [2.75, 3.05) is 18.9 Å². The summed E-state index contributed by atoms with van der Waals surface area (Å²) in [5, 5.41) is 0.424. The summed E-state index contributed by atoms with van der Waals surface area (Å²) in [5.41, 5.74) is 11.2. The van der Waals surface area contributed by atoms with E-state index in [1.807, 2.05) is 6.92 Å². The Balaban J connectivity index is 2.05. The van der Waals surface area contributed by atoms with Crippen molar-refractivity contribution in [1.82, 2.24) is 9.97 Å². The van der Waals surface area contributed by atoms with Crippen molar-refractivity contribution in [3.63, 3.8) is 0 Å². The summed E-state index contributed by atoms with van der Waals surface area (Å²) in [6.45, 7) is 5.77. The molecule has 0 spiro atoms. The lowest BCUT2D eigenvalue weighted by atomic mass is 9.87. The van der Waals surface area contributed by atoms with Gasteiger partial charge in [0.05, 0.1) is 5.69 Å². The van der Waals surface area contributed by atoms with E-state index in [-0.39, 0.29) is 5.95 Å². The molecule has 2 heterocycles. The Labute approximate surface area is 142 Å². The van der Waals surface area contributed by atoms with Gasteiger partial charge >= 0.3 is 0 Å². The molecule has 3 rings (SSSR count). The van der Waals surface area contributed by atoms with Crippen molar-refractivity contribution < 1.29 is 4.74 Å². The number of nitrogens with two attached hydrogens (primary N) is 1. The lowest BCUT2D eigenvalue weighted by molar-refractivity contribution is 0.0665. The van der Waals surface area contributed by atoms with Gasteiger partial charge in [0.25, 0.3) is 0 Å². The Hall–Kier alpha value is -1.65. The van der Waals surface area contributed by atoms with Gasteiger partial charge in [-0.25, -0.2) is 9.97 Å². The van der Waals surface area contributed by atoms with E-state index < -0.39 is 0 Å². The van der Waals surface area contributed by atoms with Crippen molar-refractivity contribution in [3.05, 3.63) is 40.0 Å². The third-order valence-electron chi connectivity index (χ3n) is 4.55. The number of hydrogen-bond acceptors (Lipinski definition) is 4. The molecule has 1 aliphatic rings. The average Bonchev–Trinajstić information content (AvgIpc) is 2.52. The number of aromatic nitrogens is 2. The number of aryl methyl sites for hydroxylation is 1. The van der Waals surface area contributed by atoms with E-state index in [0.717, 1.165) is 49.3 Å². The second-order valence-electron chi connectivity index (χ2n) is 6.22. The Bertz CT molecular complexity index is 712. The van der Waals surface area contributed by atoms with Gasteiger partial charge in [0.15, 0.2) is 0 Å². The van der Waals surface area contributed by atoms with E-state index in [4.69, 9.17) is 22.1 Å². The molecule has 1 saturated heterocycles. The highest BCUT2D eigenvalue weighted by molar-refractivity contribution is 6.30. The second-order valence-corrected chi connectivity index (χ2v) is 6.57. The summed E-state index contributed by atoms with van der Waals surface area (Å²) in [5.74, 6) is 0.870. The lowest BCUT2D eigenvalue weighted by Crippen LogP contribution is -2.18. The molecule has 1 aliphatic heterocycles. The van der Waals surface area contributed by atoms with E-state index in [2.05, 4.69) is 35.1 Å². The van der Waals surface area contributed by atoms with E-state index in [1.54, 1.807) is 0 Å². The van der Waals surface area contributed by atoms with E-state index >= 15 is 0 Å². The first-order valence-corrected chi connectivity index (χ1v) is 8.40.